The lowest BCUT2D eigenvalue weighted by Crippen LogP contribution is -2.54. The molecule has 0 aliphatic carbocycles. The first kappa shape index (κ1) is 14.0. The third kappa shape index (κ3) is 3.53. The molecule has 19 heavy (non-hydrogen) atoms. The minimum absolute atomic E-state index is 0.0695. The van der Waals surface area contributed by atoms with Crippen LogP contribution in [0, 0.1) is 5.41 Å². The lowest BCUT2D eigenvalue weighted by Gasteiger charge is -2.42. The Labute approximate surface area is 115 Å². The van der Waals surface area contributed by atoms with Crippen LogP contribution in [0.4, 0.5) is 0 Å². The van der Waals surface area contributed by atoms with Crippen LogP contribution in [0.1, 0.15) is 32.4 Å². The maximum absolute atomic E-state index is 12.2. The van der Waals surface area contributed by atoms with Gasteiger partial charge in [-0.15, -0.1) is 0 Å². The highest BCUT2D eigenvalue weighted by atomic mass is 16.2. The molecule has 1 aliphatic heterocycles. The smallest absolute Gasteiger partial charge is 0.223 e. The molecule has 104 valence electrons. The number of nitrogens with zero attached hydrogens (tertiary/aromatic N) is 2. The van der Waals surface area contributed by atoms with Gasteiger partial charge in [0.15, 0.2) is 0 Å². The van der Waals surface area contributed by atoms with Crippen LogP contribution < -0.4 is 5.73 Å². The van der Waals surface area contributed by atoms with E-state index < -0.39 is 0 Å². The molecule has 1 aromatic rings. The summed E-state index contributed by atoms with van der Waals surface area (Å²) >= 11 is 0. The van der Waals surface area contributed by atoms with Crippen molar-refractivity contribution in [3.63, 3.8) is 0 Å². The van der Waals surface area contributed by atoms with Crippen LogP contribution in [0.5, 0.6) is 0 Å². The van der Waals surface area contributed by atoms with E-state index in [2.05, 4.69) is 18.8 Å². The van der Waals surface area contributed by atoms with Crippen molar-refractivity contribution in [2.24, 2.45) is 11.1 Å². The first-order valence-corrected chi connectivity index (χ1v) is 6.92. The Morgan fingerprint density at radius 3 is 2.95 bits per heavy atom. The van der Waals surface area contributed by atoms with E-state index in [-0.39, 0.29) is 17.4 Å². The second-order valence-electron chi connectivity index (χ2n) is 6.01. The summed E-state index contributed by atoms with van der Waals surface area (Å²) in [5, 5.41) is 0. The molecule has 2 heterocycles. The van der Waals surface area contributed by atoms with E-state index in [0.717, 1.165) is 18.7 Å². The summed E-state index contributed by atoms with van der Waals surface area (Å²) in [6.07, 6.45) is 3.96. The number of nitrogens with two attached hydrogens (primary N) is 1. The van der Waals surface area contributed by atoms with Crippen molar-refractivity contribution in [3.8, 4) is 0 Å². The standard InChI is InChI=1S/C15H23N3O/c1-15(2)8-10-18(11-13(15)16)14(19)7-6-12-5-3-4-9-17-12/h3-5,9,13H,6-8,10-11,16H2,1-2H3. The fraction of sp³-hybridized carbons (Fsp3) is 0.600. The van der Waals surface area contributed by atoms with E-state index in [1.165, 1.54) is 0 Å². The summed E-state index contributed by atoms with van der Waals surface area (Å²) in [6.45, 7) is 5.84. The molecule has 1 fully saturated rings. The fourth-order valence-corrected chi connectivity index (χ4v) is 2.35. The molecule has 1 amide bonds. The number of carbonyl (C=O) groups excluding carboxylic acids is 1. The van der Waals surface area contributed by atoms with Crippen molar-refractivity contribution < 1.29 is 4.79 Å². The van der Waals surface area contributed by atoms with E-state index in [1.807, 2.05) is 23.1 Å². The molecule has 4 heteroatoms. The van der Waals surface area contributed by atoms with Gasteiger partial charge in [-0.1, -0.05) is 19.9 Å². The molecule has 0 aromatic carbocycles. The van der Waals surface area contributed by atoms with E-state index in [1.54, 1.807) is 6.20 Å². The van der Waals surface area contributed by atoms with Crippen LogP contribution in [0.15, 0.2) is 24.4 Å². The second kappa shape index (κ2) is 5.70. The van der Waals surface area contributed by atoms with E-state index in [0.29, 0.717) is 19.4 Å². The highest BCUT2D eigenvalue weighted by Crippen LogP contribution is 2.29. The van der Waals surface area contributed by atoms with Crippen LogP contribution in [0.25, 0.3) is 0 Å². The second-order valence-corrected chi connectivity index (χ2v) is 6.01. The average molecular weight is 261 g/mol. The predicted molar refractivity (Wildman–Crippen MR) is 75.5 cm³/mol. The monoisotopic (exact) mass is 261 g/mol. The average Bonchev–Trinajstić information content (AvgIpc) is 2.40. The first-order valence-electron chi connectivity index (χ1n) is 6.92. The maximum Gasteiger partial charge on any atom is 0.223 e. The quantitative estimate of drug-likeness (QED) is 0.899. The third-order valence-corrected chi connectivity index (χ3v) is 4.12. The number of aryl methyl sites for hydroxylation is 1. The molecule has 1 aliphatic rings. The Hall–Kier alpha value is -1.42. The first-order chi connectivity index (χ1) is 8.99. The van der Waals surface area contributed by atoms with Gasteiger partial charge in [0.25, 0.3) is 0 Å². The zero-order valence-corrected chi connectivity index (χ0v) is 11.8. The summed E-state index contributed by atoms with van der Waals surface area (Å²) < 4.78 is 0. The topological polar surface area (TPSA) is 59.2 Å². The zero-order valence-electron chi connectivity index (χ0n) is 11.8. The number of carbonyl (C=O) groups is 1. The number of aromatic nitrogens is 1. The molecular weight excluding hydrogens is 238 g/mol. The van der Waals surface area contributed by atoms with Gasteiger partial charge in [-0.3, -0.25) is 9.78 Å². The van der Waals surface area contributed by atoms with Crippen molar-refractivity contribution in [2.75, 3.05) is 13.1 Å². The molecule has 0 saturated carbocycles. The van der Waals surface area contributed by atoms with Crippen molar-refractivity contribution in [1.29, 1.82) is 0 Å². The molecule has 0 radical (unpaired) electrons. The number of likely N-dealkylation sites (tertiary alicyclic amines) is 1. The van der Waals surface area contributed by atoms with Gasteiger partial charge in [0.05, 0.1) is 0 Å². The molecule has 1 atom stereocenters. The normalized spacial score (nSPS) is 22.3. The number of hydrogen-bond acceptors (Lipinski definition) is 3. The molecule has 1 aromatic heterocycles. The predicted octanol–water partition coefficient (Wildman–Crippen LogP) is 1.60. The lowest BCUT2D eigenvalue weighted by atomic mass is 9.78. The molecule has 4 nitrogen and oxygen atoms in total. The van der Waals surface area contributed by atoms with Gasteiger partial charge in [0.2, 0.25) is 5.91 Å². The van der Waals surface area contributed by atoms with Crippen LogP contribution in [0.3, 0.4) is 0 Å². The van der Waals surface area contributed by atoms with Crippen molar-refractivity contribution in [2.45, 2.75) is 39.2 Å². The Morgan fingerprint density at radius 2 is 2.32 bits per heavy atom. The molecule has 1 unspecified atom stereocenters. The highest BCUT2D eigenvalue weighted by molar-refractivity contribution is 5.76. The Bertz CT molecular complexity index is 430. The molecule has 2 N–H and O–H groups in total. The van der Waals surface area contributed by atoms with Gasteiger partial charge in [0, 0.05) is 37.4 Å². The summed E-state index contributed by atoms with van der Waals surface area (Å²) in [5.74, 6) is 0.191. The minimum Gasteiger partial charge on any atom is -0.341 e. The molecular formula is C15H23N3O. The maximum atomic E-state index is 12.2. The third-order valence-electron chi connectivity index (χ3n) is 4.12. The van der Waals surface area contributed by atoms with Gasteiger partial charge in [-0.25, -0.2) is 0 Å². The number of rotatable bonds is 3. The molecule has 0 spiro atoms. The van der Waals surface area contributed by atoms with E-state index in [9.17, 15) is 4.79 Å². The summed E-state index contributed by atoms with van der Waals surface area (Å²) in [6, 6.07) is 5.86. The SMILES string of the molecule is CC1(C)CCN(C(=O)CCc2ccccn2)CC1N. The van der Waals surface area contributed by atoms with Gasteiger partial charge in [-0.05, 0) is 30.4 Å². The van der Waals surface area contributed by atoms with Gasteiger partial charge >= 0.3 is 0 Å². The van der Waals surface area contributed by atoms with Crippen LogP contribution in [-0.4, -0.2) is 34.9 Å². The molecule has 1 saturated heterocycles. The van der Waals surface area contributed by atoms with Gasteiger partial charge in [0.1, 0.15) is 0 Å². The number of piperidine rings is 1. The molecule has 2 rings (SSSR count). The summed E-state index contributed by atoms with van der Waals surface area (Å²) in [4.78, 5) is 18.3. The van der Waals surface area contributed by atoms with E-state index in [4.69, 9.17) is 5.73 Å². The highest BCUT2D eigenvalue weighted by Gasteiger charge is 2.34. The number of amides is 1. The zero-order chi connectivity index (χ0) is 13.9. The van der Waals surface area contributed by atoms with Crippen molar-refractivity contribution in [3.05, 3.63) is 30.1 Å². The summed E-state index contributed by atoms with van der Waals surface area (Å²) in [5.41, 5.74) is 7.25. The van der Waals surface area contributed by atoms with Crippen LogP contribution in [-0.2, 0) is 11.2 Å². The summed E-state index contributed by atoms with van der Waals surface area (Å²) in [7, 11) is 0. The number of pyridine rings is 1. The largest absolute Gasteiger partial charge is 0.341 e. The van der Waals surface area contributed by atoms with Crippen LogP contribution >= 0.6 is 0 Å². The number of hydrogen-bond donors (Lipinski definition) is 1. The van der Waals surface area contributed by atoms with Crippen molar-refractivity contribution >= 4 is 5.91 Å². The fourth-order valence-electron chi connectivity index (χ4n) is 2.35. The Kier molecular flexibility index (Phi) is 4.20. The van der Waals surface area contributed by atoms with Crippen molar-refractivity contribution in [1.82, 2.24) is 9.88 Å². The van der Waals surface area contributed by atoms with Crippen LogP contribution in [0.2, 0.25) is 0 Å². The van der Waals surface area contributed by atoms with E-state index >= 15 is 0 Å². The Morgan fingerprint density at radius 1 is 1.53 bits per heavy atom. The molecule has 0 bridgehead atoms. The lowest BCUT2D eigenvalue weighted by molar-refractivity contribution is -0.133. The minimum atomic E-state index is 0.0695. The Balaban J connectivity index is 1.84. The van der Waals surface area contributed by atoms with Gasteiger partial charge in [-0.2, -0.15) is 0 Å². The van der Waals surface area contributed by atoms with Gasteiger partial charge < -0.3 is 10.6 Å².